The van der Waals surface area contributed by atoms with Crippen molar-refractivity contribution in [3.63, 3.8) is 0 Å². The van der Waals surface area contributed by atoms with E-state index in [2.05, 4.69) is 6.26 Å². The van der Waals surface area contributed by atoms with Crippen molar-refractivity contribution in [2.45, 2.75) is 12.8 Å². The largest absolute Gasteiger partial charge is 1.00 e. The van der Waals surface area contributed by atoms with E-state index in [0.717, 1.165) is 10.9 Å². The molecule has 7 heavy (non-hydrogen) atoms. The Bertz CT molecular complexity index is 41.3. The Morgan fingerprint density at radius 2 is 1.57 bits per heavy atom. The van der Waals surface area contributed by atoms with Crippen LogP contribution in [-0.2, 0) is 10.9 Å². The summed E-state index contributed by atoms with van der Waals surface area (Å²) in [7, 11) is 0.827. The minimum atomic E-state index is 0. The minimum absolute atomic E-state index is 0. The van der Waals surface area contributed by atoms with Gasteiger partial charge < -0.3 is 24.0 Å². The first-order valence-corrected chi connectivity index (χ1v) is 4.46. The molecule has 0 aromatic carbocycles. The average Bonchev–Trinajstić information content (AvgIpc) is 1.86. The van der Waals surface area contributed by atoms with Gasteiger partial charge in [-0.1, -0.05) is 0 Å². The molecule has 2 heteroatoms. The first-order valence-electron chi connectivity index (χ1n) is 2.49. The lowest BCUT2D eigenvalue weighted by Gasteiger charge is -1.81. The maximum absolute atomic E-state index is 2.37. The van der Waals surface area contributed by atoms with Crippen molar-refractivity contribution < 1.29 is 24.0 Å². The fourth-order valence-corrected chi connectivity index (χ4v) is 2.40. The van der Waals surface area contributed by atoms with E-state index in [1.54, 1.807) is 0 Å². The van der Waals surface area contributed by atoms with Crippen LogP contribution in [0, 0.1) is 0 Å². The Balaban J connectivity index is 0.000000360. The Kier molecular flexibility index (Phi) is 4.63. The molecule has 0 aromatic rings. The second-order valence-corrected chi connectivity index (χ2v) is 4.28. The van der Waals surface area contributed by atoms with Crippen LogP contribution in [0.2, 0.25) is 0 Å². The Hall–Kier alpha value is 1.08. The third kappa shape index (κ3) is 2.80. The summed E-state index contributed by atoms with van der Waals surface area (Å²) < 4.78 is 0. The van der Waals surface area contributed by atoms with Gasteiger partial charge in [-0.25, -0.2) is 0 Å². The molecular weight excluding hydrogens is 219 g/mol. The van der Waals surface area contributed by atoms with Crippen molar-refractivity contribution in [1.29, 1.82) is 0 Å². The maximum Gasteiger partial charge on any atom is 0.108 e. The summed E-state index contributed by atoms with van der Waals surface area (Å²) in [6, 6.07) is 0. The van der Waals surface area contributed by atoms with Crippen LogP contribution in [0.1, 0.15) is 12.8 Å². The molecule has 1 saturated heterocycles. The number of hydrogen-bond donors (Lipinski definition) is 0. The molecule has 1 aliphatic rings. The Morgan fingerprint density at radius 1 is 1.14 bits per heavy atom. The standard InChI is InChI=1S/C5H11S.HI/c1-6-4-2-3-5-6;/h2-5H2,1H3;1H/q+1;/p-1. The van der Waals surface area contributed by atoms with E-state index >= 15 is 0 Å². The van der Waals surface area contributed by atoms with Gasteiger partial charge in [0.05, 0.1) is 6.26 Å². The highest BCUT2D eigenvalue weighted by Gasteiger charge is 2.16. The van der Waals surface area contributed by atoms with Gasteiger partial charge in [0.1, 0.15) is 11.5 Å². The van der Waals surface area contributed by atoms with Crippen LogP contribution in [-0.4, -0.2) is 17.8 Å². The van der Waals surface area contributed by atoms with Crippen molar-refractivity contribution in [2.24, 2.45) is 0 Å². The van der Waals surface area contributed by atoms with Crippen LogP contribution >= 0.6 is 0 Å². The van der Waals surface area contributed by atoms with Crippen molar-refractivity contribution in [1.82, 2.24) is 0 Å². The molecule has 0 atom stereocenters. The first-order chi connectivity index (χ1) is 2.89. The summed E-state index contributed by atoms with van der Waals surface area (Å²) in [5.41, 5.74) is 0. The molecule has 1 heterocycles. The van der Waals surface area contributed by atoms with Crippen molar-refractivity contribution in [2.75, 3.05) is 17.8 Å². The monoisotopic (exact) mass is 230 g/mol. The summed E-state index contributed by atoms with van der Waals surface area (Å²) in [5.74, 6) is 3.03. The highest BCUT2D eigenvalue weighted by molar-refractivity contribution is 7.96. The fourth-order valence-electron chi connectivity index (χ4n) is 0.799. The van der Waals surface area contributed by atoms with E-state index in [-0.39, 0.29) is 24.0 Å². The molecule has 44 valence electrons. The maximum atomic E-state index is 2.37. The molecule has 1 fully saturated rings. The minimum Gasteiger partial charge on any atom is -1.00 e. The van der Waals surface area contributed by atoms with Gasteiger partial charge in [0, 0.05) is 0 Å². The molecule has 0 nitrogen and oxygen atoms in total. The zero-order valence-electron chi connectivity index (χ0n) is 4.61. The van der Waals surface area contributed by atoms with Crippen molar-refractivity contribution >= 4 is 10.9 Å². The molecule has 0 radical (unpaired) electrons. The van der Waals surface area contributed by atoms with Crippen LogP contribution in [0.5, 0.6) is 0 Å². The van der Waals surface area contributed by atoms with E-state index < -0.39 is 0 Å². The van der Waals surface area contributed by atoms with Crippen molar-refractivity contribution in [3.8, 4) is 0 Å². The Morgan fingerprint density at radius 3 is 1.71 bits per heavy atom. The lowest BCUT2D eigenvalue weighted by atomic mass is 10.4. The number of rotatable bonds is 0. The van der Waals surface area contributed by atoms with Gasteiger partial charge >= 0.3 is 0 Å². The number of hydrogen-bond acceptors (Lipinski definition) is 0. The summed E-state index contributed by atoms with van der Waals surface area (Å²) in [5, 5.41) is 0. The topological polar surface area (TPSA) is 0 Å². The average molecular weight is 230 g/mol. The van der Waals surface area contributed by atoms with E-state index in [9.17, 15) is 0 Å². The van der Waals surface area contributed by atoms with Crippen molar-refractivity contribution in [3.05, 3.63) is 0 Å². The number of halogens is 1. The van der Waals surface area contributed by atoms with Crippen LogP contribution in [0.15, 0.2) is 0 Å². The summed E-state index contributed by atoms with van der Waals surface area (Å²) >= 11 is 0. The van der Waals surface area contributed by atoms with E-state index in [1.165, 1.54) is 24.3 Å². The van der Waals surface area contributed by atoms with E-state index in [0.29, 0.717) is 0 Å². The normalized spacial score (nSPS) is 21.9. The van der Waals surface area contributed by atoms with E-state index in [1.807, 2.05) is 0 Å². The van der Waals surface area contributed by atoms with E-state index in [4.69, 9.17) is 0 Å². The summed E-state index contributed by atoms with van der Waals surface area (Å²) in [6.07, 6.45) is 5.37. The summed E-state index contributed by atoms with van der Waals surface area (Å²) in [6.45, 7) is 0. The second-order valence-electron chi connectivity index (χ2n) is 1.90. The quantitative estimate of drug-likeness (QED) is 0.334. The van der Waals surface area contributed by atoms with Gasteiger partial charge in [-0.3, -0.25) is 0 Å². The molecule has 0 bridgehead atoms. The van der Waals surface area contributed by atoms with Gasteiger partial charge in [-0.05, 0) is 23.7 Å². The van der Waals surface area contributed by atoms with Gasteiger partial charge in [0.2, 0.25) is 0 Å². The molecule has 1 aliphatic heterocycles. The Labute approximate surface area is 65.4 Å². The van der Waals surface area contributed by atoms with Gasteiger partial charge in [-0.2, -0.15) is 0 Å². The third-order valence-corrected chi connectivity index (χ3v) is 3.21. The second kappa shape index (κ2) is 4.01. The molecule has 0 amide bonds. The molecule has 0 spiro atoms. The SMILES string of the molecule is C[S+]1CCCC1.[I-]. The zero-order valence-corrected chi connectivity index (χ0v) is 7.59. The molecular formula is C5H11IS. The third-order valence-electron chi connectivity index (χ3n) is 1.24. The molecule has 0 aromatic heterocycles. The van der Waals surface area contributed by atoms with Crippen LogP contribution in [0.4, 0.5) is 0 Å². The fraction of sp³-hybridized carbons (Fsp3) is 1.00. The van der Waals surface area contributed by atoms with Gasteiger partial charge in [-0.15, -0.1) is 0 Å². The zero-order chi connectivity index (χ0) is 4.41. The molecule has 0 saturated carbocycles. The predicted molar refractivity (Wildman–Crippen MR) is 32.3 cm³/mol. The highest BCUT2D eigenvalue weighted by Crippen LogP contribution is 2.08. The van der Waals surface area contributed by atoms with Gasteiger partial charge in [0.25, 0.3) is 0 Å². The molecule has 0 aliphatic carbocycles. The van der Waals surface area contributed by atoms with Gasteiger partial charge in [0.15, 0.2) is 0 Å². The molecule has 0 N–H and O–H groups in total. The lowest BCUT2D eigenvalue weighted by Crippen LogP contribution is -3.00. The van der Waals surface area contributed by atoms with Crippen LogP contribution in [0.25, 0.3) is 0 Å². The lowest BCUT2D eigenvalue weighted by molar-refractivity contribution is -0.00000135. The smallest absolute Gasteiger partial charge is 0.108 e. The molecule has 1 rings (SSSR count). The van der Waals surface area contributed by atoms with Crippen LogP contribution < -0.4 is 24.0 Å². The van der Waals surface area contributed by atoms with Crippen LogP contribution in [0.3, 0.4) is 0 Å². The highest BCUT2D eigenvalue weighted by atomic mass is 127. The predicted octanol–water partition coefficient (Wildman–Crippen LogP) is -1.97. The summed E-state index contributed by atoms with van der Waals surface area (Å²) in [4.78, 5) is 0. The molecule has 0 unspecified atom stereocenters. The first kappa shape index (κ1) is 8.08.